The molecule has 1 N–H and O–H groups in total. The van der Waals surface area contributed by atoms with Crippen LogP contribution in [0.1, 0.15) is 19.4 Å². The molecule has 0 bridgehead atoms. The molecular formula is C22H29N3O2. The van der Waals surface area contributed by atoms with Gasteiger partial charge in [0.1, 0.15) is 11.9 Å². The first-order valence-corrected chi connectivity index (χ1v) is 9.62. The number of ether oxygens (including phenoxy) is 1. The summed E-state index contributed by atoms with van der Waals surface area (Å²) in [5, 5.41) is 2.77. The van der Waals surface area contributed by atoms with Crippen molar-refractivity contribution in [2.45, 2.75) is 26.5 Å². The first-order valence-electron chi connectivity index (χ1n) is 9.62. The molecule has 1 atom stereocenters. The number of amides is 1. The van der Waals surface area contributed by atoms with E-state index in [4.69, 9.17) is 4.74 Å². The summed E-state index contributed by atoms with van der Waals surface area (Å²) in [5.74, 6) is 0.804. The molecule has 144 valence electrons. The number of benzene rings is 2. The van der Waals surface area contributed by atoms with Crippen molar-refractivity contribution >= 4 is 11.6 Å². The minimum Gasteiger partial charge on any atom is -0.489 e. The maximum absolute atomic E-state index is 11.0. The number of hydrogen-bond donors (Lipinski definition) is 1. The zero-order valence-electron chi connectivity index (χ0n) is 16.2. The van der Waals surface area contributed by atoms with Crippen LogP contribution in [-0.2, 0) is 11.3 Å². The second-order valence-corrected chi connectivity index (χ2v) is 7.11. The summed E-state index contributed by atoms with van der Waals surface area (Å²) in [6.07, 6.45) is -0.0502. The minimum absolute atomic E-state index is 0.0341. The quantitative estimate of drug-likeness (QED) is 0.817. The average molecular weight is 367 g/mol. The van der Waals surface area contributed by atoms with Gasteiger partial charge in [-0.2, -0.15) is 0 Å². The lowest BCUT2D eigenvalue weighted by atomic mass is 10.2. The van der Waals surface area contributed by atoms with Crippen LogP contribution in [0.4, 0.5) is 5.69 Å². The van der Waals surface area contributed by atoms with Gasteiger partial charge in [-0.15, -0.1) is 0 Å². The third kappa shape index (κ3) is 6.00. The number of piperazine rings is 1. The topological polar surface area (TPSA) is 44.8 Å². The summed E-state index contributed by atoms with van der Waals surface area (Å²) in [7, 11) is 0. The summed E-state index contributed by atoms with van der Waals surface area (Å²) in [6, 6.07) is 18.9. The van der Waals surface area contributed by atoms with Crippen molar-refractivity contribution in [3.63, 3.8) is 0 Å². The molecule has 1 aliphatic heterocycles. The van der Waals surface area contributed by atoms with Gasteiger partial charge in [-0.1, -0.05) is 30.3 Å². The normalized spacial score (nSPS) is 16.0. The summed E-state index contributed by atoms with van der Waals surface area (Å²) in [6.45, 7) is 9.21. The Morgan fingerprint density at radius 1 is 1.04 bits per heavy atom. The fourth-order valence-electron chi connectivity index (χ4n) is 3.30. The van der Waals surface area contributed by atoms with Gasteiger partial charge in [0.05, 0.1) is 6.54 Å². The van der Waals surface area contributed by atoms with Crippen LogP contribution in [0.3, 0.4) is 0 Å². The lowest BCUT2D eigenvalue weighted by molar-refractivity contribution is -0.119. The molecule has 3 rings (SSSR count). The van der Waals surface area contributed by atoms with Crippen LogP contribution in [0.25, 0.3) is 0 Å². The van der Waals surface area contributed by atoms with E-state index < -0.39 is 0 Å². The number of carbonyl (C=O) groups is 1. The van der Waals surface area contributed by atoms with Crippen molar-refractivity contribution in [3.8, 4) is 5.75 Å². The zero-order chi connectivity index (χ0) is 19.1. The average Bonchev–Trinajstić information content (AvgIpc) is 2.69. The number of nitrogens with one attached hydrogen (secondary N) is 1. The molecule has 0 spiro atoms. The van der Waals surface area contributed by atoms with Gasteiger partial charge in [0, 0.05) is 45.3 Å². The van der Waals surface area contributed by atoms with Gasteiger partial charge in [-0.05, 0) is 36.8 Å². The highest BCUT2D eigenvalue weighted by Crippen LogP contribution is 2.18. The van der Waals surface area contributed by atoms with Crippen LogP contribution in [0.15, 0.2) is 54.6 Å². The van der Waals surface area contributed by atoms with E-state index in [0.717, 1.165) is 38.5 Å². The Balaban J connectivity index is 1.44. The van der Waals surface area contributed by atoms with E-state index in [9.17, 15) is 4.79 Å². The highest BCUT2D eigenvalue weighted by atomic mass is 16.5. The third-order valence-electron chi connectivity index (χ3n) is 4.80. The molecule has 1 amide bonds. The molecule has 0 saturated carbocycles. The van der Waals surface area contributed by atoms with Crippen LogP contribution in [-0.4, -0.2) is 49.6 Å². The van der Waals surface area contributed by atoms with E-state index >= 15 is 0 Å². The van der Waals surface area contributed by atoms with Crippen molar-refractivity contribution in [1.29, 1.82) is 0 Å². The Morgan fingerprint density at radius 3 is 2.33 bits per heavy atom. The molecule has 5 heteroatoms. The van der Waals surface area contributed by atoms with Gasteiger partial charge in [-0.25, -0.2) is 0 Å². The van der Waals surface area contributed by atoms with Gasteiger partial charge in [0.15, 0.2) is 0 Å². The number of hydrogen-bond acceptors (Lipinski definition) is 4. The molecule has 0 radical (unpaired) electrons. The fraction of sp³-hybridized carbons (Fsp3) is 0.409. The molecule has 2 aromatic rings. The molecule has 1 saturated heterocycles. The van der Waals surface area contributed by atoms with Crippen LogP contribution in [0.2, 0.25) is 0 Å². The smallest absolute Gasteiger partial charge is 0.217 e. The summed E-state index contributed by atoms with van der Waals surface area (Å²) in [5.41, 5.74) is 2.61. The molecular weight excluding hydrogens is 338 g/mol. The fourth-order valence-corrected chi connectivity index (χ4v) is 3.30. The van der Waals surface area contributed by atoms with E-state index in [1.54, 1.807) is 0 Å². The van der Waals surface area contributed by atoms with E-state index in [1.165, 1.54) is 18.2 Å². The Morgan fingerprint density at radius 2 is 1.70 bits per heavy atom. The van der Waals surface area contributed by atoms with Gasteiger partial charge < -0.3 is 15.0 Å². The van der Waals surface area contributed by atoms with Crippen LogP contribution in [0, 0.1) is 0 Å². The van der Waals surface area contributed by atoms with Gasteiger partial charge in [-0.3, -0.25) is 9.69 Å². The van der Waals surface area contributed by atoms with Crippen LogP contribution < -0.4 is 15.0 Å². The van der Waals surface area contributed by atoms with Crippen molar-refractivity contribution < 1.29 is 9.53 Å². The van der Waals surface area contributed by atoms with Crippen LogP contribution in [0.5, 0.6) is 5.75 Å². The zero-order valence-corrected chi connectivity index (χ0v) is 16.2. The Bertz CT molecular complexity index is 710. The standard InChI is InChI=1S/C22H29N3O2/c1-18(16-23-19(2)26)27-22-10-8-20(9-11-22)17-24-12-14-25(15-13-24)21-6-4-3-5-7-21/h3-11,18H,12-17H2,1-2H3,(H,23,26)/t18-/m1/s1. The van der Waals surface area contributed by atoms with E-state index in [0.29, 0.717) is 6.54 Å². The molecule has 1 aliphatic rings. The highest BCUT2D eigenvalue weighted by molar-refractivity contribution is 5.72. The van der Waals surface area contributed by atoms with Crippen molar-refractivity contribution in [2.24, 2.45) is 0 Å². The third-order valence-corrected chi connectivity index (χ3v) is 4.80. The first kappa shape index (κ1) is 19.2. The second-order valence-electron chi connectivity index (χ2n) is 7.11. The van der Waals surface area contributed by atoms with E-state index in [2.05, 4.69) is 57.6 Å². The van der Waals surface area contributed by atoms with Crippen LogP contribution >= 0.6 is 0 Å². The van der Waals surface area contributed by atoms with Gasteiger partial charge in [0.2, 0.25) is 5.91 Å². The molecule has 5 nitrogen and oxygen atoms in total. The maximum atomic E-state index is 11.0. The molecule has 0 aromatic heterocycles. The number of nitrogens with zero attached hydrogens (tertiary/aromatic N) is 2. The summed E-state index contributed by atoms with van der Waals surface area (Å²) < 4.78 is 5.84. The molecule has 0 aliphatic carbocycles. The van der Waals surface area contributed by atoms with E-state index in [1.807, 2.05) is 19.1 Å². The lowest BCUT2D eigenvalue weighted by Gasteiger charge is -2.36. The molecule has 1 fully saturated rings. The predicted octanol–water partition coefficient (Wildman–Crippen LogP) is 2.91. The first-order chi connectivity index (χ1) is 13.1. The molecule has 1 heterocycles. The van der Waals surface area contributed by atoms with Gasteiger partial charge >= 0.3 is 0 Å². The van der Waals surface area contributed by atoms with E-state index in [-0.39, 0.29) is 12.0 Å². The number of anilines is 1. The second kappa shape index (κ2) is 9.42. The lowest BCUT2D eigenvalue weighted by Crippen LogP contribution is -2.45. The summed E-state index contributed by atoms with van der Waals surface area (Å²) in [4.78, 5) is 15.9. The predicted molar refractivity (Wildman–Crippen MR) is 109 cm³/mol. The maximum Gasteiger partial charge on any atom is 0.217 e. The molecule has 27 heavy (non-hydrogen) atoms. The Labute approximate surface area is 161 Å². The number of carbonyl (C=O) groups excluding carboxylic acids is 1. The Hall–Kier alpha value is -2.53. The van der Waals surface area contributed by atoms with Crippen molar-refractivity contribution in [1.82, 2.24) is 10.2 Å². The van der Waals surface area contributed by atoms with Crippen molar-refractivity contribution in [3.05, 3.63) is 60.2 Å². The number of rotatable bonds is 7. The minimum atomic E-state index is -0.0502. The summed E-state index contributed by atoms with van der Waals surface area (Å²) >= 11 is 0. The Kier molecular flexibility index (Phi) is 6.71. The van der Waals surface area contributed by atoms with Gasteiger partial charge in [0.25, 0.3) is 0 Å². The molecule has 0 unspecified atom stereocenters. The van der Waals surface area contributed by atoms with Crippen molar-refractivity contribution in [2.75, 3.05) is 37.6 Å². The highest BCUT2D eigenvalue weighted by Gasteiger charge is 2.17. The monoisotopic (exact) mass is 367 g/mol. The molecule has 2 aromatic carbocycles. The number of para-hydroxylation sites is 1. The SMILES string of the molecule is CC(=O)NC[C@@H](C)Oc1ccc(CN2CCN(c3ccccc3)CC2)cc1. The largest absolute Gasteiger partial charge is 0.489 e.